The lowest BCUT2D eigenvalue weighted by atomic mass is 10.1. The van der Waals surface area contributed by atoms with E-state index in [1.807, 2.05) is 12.1 Å². The van der Waals surface area contributed by atoms with E-state index < -0.39 is 12.0 Å². The van der Waals surface area contributed by atoms with Gasteiger partial charge in [-0.3, -0.25) is 4.79 Å². The maximum Gasteiger partial charge on any atom is 0.326 e. The summed E-state index contributed by atoms with van der Waals surface area (Å²) in [5.74, 6) is -1.09. The second-order valence-corrected chi connectivity index (χ2v) is 4.55. The van der Waals surface area contributed by atoms with E-state index in [0.29, 0.717) is 18.5 Å². The first-order valence-electron chi connectivity index (χ1n) is 6.26. The Morgan fingerprint density at radius 1 is 1.33 bits per heavy atom. The number of hydrogen-bond acceptors (Lipinski definition) is 2. The van der Waals surface area contributed by atoms with Crippen molar-refractivity contribution in [1.29, 1.82) is 0 Å². The normalized spacial score (nSPS) is 18.9. The third-order valence-electron chi connectivity index (χ3n) is 3.41. The van der Waals surface area contributed by atoms with E-state index in [2.05, 4.69) is 6.92 Å². The number of carbonyl (C=O) groups excluding carboxylic acids is 1. The average molecular weight is 247 g/mol. The standard InChI is InChI=1S/C14H17NO3/c1-2-10-5-7-11(8-6-10)13(16)15-9-3-4-12(15)14(17)18/h5-8,12H,2-4,9H2,1H3,(H,17,18). The first kappa shape index (κ1) is 12.6. The maximum absolute atomic E-state index is 12.2. The Hall–Kier alpha value is -1.84. The van der Waals surface area contributed by atoms with Crippen LogP contribution in [-0.2, 0) is 11.2 Å². The minimum absolute atomic E-state index is 0.178. The van der Waals surface area contributed by atoms with E-state index in [1.54, 1.807) is 12.1 Å². The molecule has 4 nitrogen and oxygen atoms in total. The predicted molar refractivity (Wildman–Crippen MR) is 67.5 cm³/mol. The van der Waals surface area contributed by atoms with Gasteiger partial charge in [0.25, 0.3) is 5.91 Å². The van der Waals surface area contributed by atoms with Crippen LogP contribution in [-0.4, -0.2) is 34.5 Å². The first-order valence-corrected chi connectivity index (χ1v) is 6.26. The molecule has 1 aromatic carbocycles. The topological polar surface area (TPSA) is 57.6 Å². The maximum atomic E-state index is 12.2. The Balaban J connectivity index is 2.17. The summed E-state index contributed by atoms with van der Waals surface area (Å²) in [6, 6.07) is 6.72. The number of aryl methyl sites for hydroxylation is 1. The van der Waals surface area contributed by atoms with Crippen LogP contribution in [0.3, 0.4) is 0 Å². The summed E-state index contributed by atoms with van der Waals surface area (Å²) in [7, 11) is 0. The van der Waals surface area contributed by atoms with E-state index in [0.717, 1.165) is 12.8 Å². The van der Waals surface area contributed by atoms with Gasteiger partial charge in [0.15, 0.2) is 0 Å². The fourth-order valence-electron chi connectivity index (χ4n) is 2.32. The smallest absolute Gasteiger partial charge is 0.326 e. The van der Waals surface area contributed by atoms with Crippen LogP contribution < -0.4 is 0 Å². The quantitative estimate of drug-likeness (QED) is 0.888. The third-order valence-corrected chi connectivity index (χ3v) is 3.41. The molecule has 1 fully saturated rings. The molecule has 0 radical (unpaired) electrons. The summed E-state index contributed by atoms with van der Waals surface area (Å²) in [5, 5.41) is 9.07. The van der Waals surface area contributed by atoms with Crippen LogP contribution in [0.15, 0.2) is 24.3 Å². The predicted octanol–water partition coefficient (Wildman–Crippen LogP) is 1.94. The molecule has 1 N–H and O–H groups in total. The molecule has 1 saturated heterocycles. The number of rotatable bonds is 3. The Labute approximate surface area is 106 Å². The molecule has 1 amide bonds. The minimum atomic E-state index is -0.911. The molecule has 0 spiro atoms. The number of carboxylic acids is 1. The number of carbonyl (C=O) groups is 2. The van der Waals surface area contributed by atoms with Crippen molar-refractivity contribution >= 4 is 11.9 Å². The third kappa shape index (κ3) is 2.37. The molecule has 96 valence electrons. The molecule has 0 bridgehead atoms. The van der Waals surface area contributed by atoms with Crippen LogP contribution in [0.5, 0.6) is 0 Å². The van der Waals surface area contributed by atoms with Crippen molar-refractivity contribution in [3.8, 4) is 0 Å². The van der Waals surface area contributed by atoms with E-state index in [1.165, 1.54) is 10.5 Å². The molecule has 1 aromatic rings. The summed E-state index contributed by atoms with van der Waals surface area (Å²) in [4.78, 5) is 24.7. The van der Waals surface area contributed by atoms with Gasteiger partial charge in [-0.2, -0.15) is 0 Å². The number of likely N-dealkylation sites (tertiary alicyclic amines) is 1. The zero-order valence-corrected chi connectivity index (χ0v) is 10.4. The van der Waals surface area contributed by atoms with Gasteiger partial charge in [-0.25, -0.2) is 4.79 Å². The van der Waals surface area contributed by atoms with Crippen molar-refractivity contribution in [2.45, 2.75) is 32.2 Å². The van der Waals surface area contributed by atoms with Gasteiger partial charge in [-0.15, -0.1) is 0 Å². The second-order valence-electron chi connectivity index (χ2n) is 4.55. The molecule has 1 heterocycles. The molecule has 0 aromatic heterocycles. The number of carboxylic acid groups (broad SMARTS) is 1. The second kappa shape index (κ2) is 5.21. The van der Waals surface area contributed by atoms with E-state index in [-0.39, 0.29) is 5.91 Å². The number of benzene rings is 1. The van der Waals surface area contributed by atoms with Crippen LogP contribution in [0.2, 0.25) is 0 Å². The van der Waals surface area contributed by atoms with Crippen molar-refractivity contribution in [1.82, 2.24) is 4.90 Å². The average Bonchev–Trinajstić information content (AvgIpc) is 2.87. The summed E-state index contributed by atoms with van der Waals surface area (Å²) >= 11 is 0. The van der Waals surface area contributed by atoms with Crippen molar-refractivity contribution in [2.24, 2.45) is 0 Å². The van der Waals surface area contributed by atoms with Crippen molar-refractivity contribution in [3.63, 3.8) is 0 Å². The highest BCUT2D eigenvalue weighted by Gasteiger charge is 2.34. The fraction of sp³-hybridized carbons (Fsp3) is 0.429. The van der Waals surface area contributed by atoms with Crippen LogP contribution >= 0.6 is 0 Å². The van der Waals surface area contributed by atoms with Crippen LogP contribution in [0.4, 0.5) is 0 Å². The Kier molecular flexibility index (Phi) is 3.65. The monoisotopic (exact) mass is 247 g/mol. The number of amides is 1. The molecular weight excluding hydrogens is 230 g/mol. The highest BCUT2D eigenvalue weighted by Crippen LogP contribution is 2.20. The summed E-state index contributed by atoms with van der Waals surface area (Å²) < 4.78 is 0. The number of nitrogens with zero attached hydrogens (tertiary/aromatic N) is 1. The van der Waals surface area contributed by atoms with Gasteiger partial charge in [0, 0.05) is 12.1 Å². The van der Waals surface area contributed by atoms with Gasteiger partial charge in [0.2, 0.25) is 0 Å². The van der Waals surface area contributed by atoms with Gasteiger partial charge >= 0.3 is 5.97 Å². The lowest BCUT2D eigenvalue weighted by Crippen LogP contribution is -2.40. The molecule has 4 heteroatoms. The van der Waals surface area contributed by atoms with E-state index in [4.69, 9.17) is 5.11 Å². The fourth-order valence-corrected chi connectivity index (χ4v) is 2.32. The molecular formula is C14H17NO3. The van der Waals surface area contributed by atoms with Crippen molar-refractivity contribution in [3.05, 3.63) is 35.4 Å². The number of aliphatic carboxylic acids is 1. The summed E-state index contributed by atoms with van der Waals surface area (Å²) in [6.45, 7) is 2.59. The van der Waals surface area contributed by atoms with Crippen molar-refractivity contribution in [2.75, 3.05) is 6.54 Å². The highest BCUT2D eigenvalue weighted by molar-refractivity contribution is 5.97. The largest absolute Gasteiger partial charge is 0.480 e. The Morgan fingerprint density at radius 3 is 2.56 bits per heavy atom. The molecule has 1 aliphatic rings. The van der Waals surface area contributed by atoms with E-state index >= 15 is 0 Å². The van der Waals surface area contributed by atoms with Gasteiger partial charge < -0.3 is 10.0 Å². The summed E-state index contributed by atoms with van der Waals surface area (Å²) in [6.07, 6.45) is 2.24. The summed E-state index contributed by atoms with van der Waals surface area (Å²) in [5.41, 5.74) is 1.74. The lowest BCUT2D eigenvalue weighted by Gasteiger charge is -2.21. The van der Waals surface area contributed by atoms with Gasteiger partial charge in [0.1, 0.15) is 6.04 Å². The van der Waals surface area contributed by atoms with Gasteiger partial charge in [-0.05, 0) is 37.0 Å². The lowest BCUT2D eigenvalue weighted by molar-refractivity contribution is -0.141. The molecule has 18 heavy (non-hydrogen) atoms. The zero-order valence-electron chi connectivity index (χ0n) is 10.4. The Bertz CT molecular complexity index is 453. The van der Waals surface area contributed by atoms with Crippen molar-refractivity contribution < 1.29 is 14.7 Å². The van der Waals surface area contributed by atoms with Gasteiger partial charge in [-0.1, -0.05) is 19.1 Å². The minimum Gasteiger partial charge on any atom is -0.480 e. The molecule has 1 atom stereocenters. The number of hydrogen-bond donors (Lipinski definition) is 1. The molecule has 0 aliphatic carbocycles. The SMILES string of the molecule is CCc1ccc(C(=O)N2CCCC2C(=O)O)cc1. The molecule has 2 rings (SSSR count). The van der Waals surface area contributed by atoms with E-state index in [9.17, 15) is 9.59 Å². The Morgan fingerprint density at radius 2 is 2.00 bits per heavy atom. The van der Waals surface area contributed by atoms with Gasteiger partial charge in [0.05, 0.1) is 0 Å². The molecule has 0 saturated carbocycles. The highest BCUT2D eigenvalue weighted by atomic mass is 16.4. The zero-order chi connectivity index (χ0) is 13.1. The molecule has 1 aliphatic heterocycles. The van der Waals surface area contributed by atoms with Crippen LogP contribution in [0.1, 0.15) is 35.7 Å². The van der Waals surface area contributed by atoms with Crippen LogP contribution in [0.25, 0.3) is 0 Å². The van der Waals surface area contributed by atoms with Crippen LogP contribution in [0, 0.1) is 0 Å². The first-order chi connectivity index (χ1) is 8.63. The molecule has 1 unspecified atom stereocenters.